The second-order valence-corrected chi connectivity index (χ2v) is 11.1. The molecule has 0 spiro atoms. The first-order chi connectivity index (χ1) is 15.8. The Morgan fingerprint density at radius 2 is 1.82 bits per heavy atom. The number of hydrogen-bond donors (Lipinski definition) is 0. The molecule has 3 heterocycles. The van der Waals surface area contributed by atoms with Crippen molar-refractivity contribution in [3.63, 3.8) is 0 Å². The van der Waals surface area contributed by atoms with Crippen LogP contribution in [-0.4, -0.2) is 39.2 Å². The minimum absolute atomic E-state index is 0.202. The summed E-state index contributed by atoms with van der Waals surface area (Å²) in [6.45, 7) is 7.21. The predicted octanol–water partition coefficient (Wildman–Crippen LogP) is 6.46. The number of halogens is 1. The van der Waals surface area contributed by atoms with Crippen molar-refractivity contribution in [1.82, 2.24) is 14.5 Å². The molecular formula is C27H30BrN3O2. The first-order valence-corrected chi connectivity index (χ1v) is 12.4. The van der Waals surface area contributed by atoms with Gasteiger partial charge in [0, 0.05) is 35.5 Å². The van der Waals surface area contributed by atoms with Crippen molar-refractivity contribution in [3.8, 4) is 11.4 Å². The fraction of sp³-hybridized carbons (Fsp3) is 0.407. The molecule has 3 aromatic rings. The van der Waals surface area contributed by atoms with Gasteiger partial charge in [0.05, 0.1) is 5.54 Å². The van der Waals surface area contributed by atoms with Gasteiger partial charge in [-0.2, -0.15) is 0 Å². The number of nitrogens with zero attached hydrogens (tertiary/aromatic N) is 3. The summed E-state index contributed by atoms with van der Waals surface area (Å²) in [5.74, 6) is 1.51. The Morgan fingerprint density at radius 1 is 1.12 bits per heavy atom. The van der Waals surface area contributed by atoms with Gasteiger partial charge in [-0.05, 0) is 69.2 Å². The van der Waals surface area contributed by atoms with E-state index in [9.17, 15) is 4.79 Å². The van der Waals surface area contributed by atoms with Crippen LogP contribution in [0.15, 0.2) is 65.4 Å². The van der Waals surface area contributed by atoms with Gasteiger partial charge < -0.3 is 14.2 Å². The highest BCUT2D eigenvalue weighted by Gasteiger charge is 2.46. The molecule has 1 atom stereocenters. The van der Waals surface area contributed by atoms with Gasteiger partial charge in [-0.3, -0.25) is 0 Å². The Morgan fingerprint density at radius 3 is 2.52 bits per heavy atom. The van der Waals surface area contributed by atoms with Gasteiger partial charge in [0.25, 0.3) is 0 Å². The minimum atomic E-state index is -0.467. The van der Waals surface area contributed by atoms with Crippen LogP contribution < -0.4 is 0 Å². The third-order valence-electron chi connectivity index (χ3n) is 6.84. The van der Waals surface area contributed by atoms with E-state index in [4.69, 9.17) is 9.72 Å². The standard InChI is InChI=1S/C27H30BrN3O2/c1-26(2,3)33-25(32)30-15-12-19(13-16-30)18-27(20-8-10-21(28)11-9-20)23-7-5-4-6-22(23)24-29-14-17-31(24)27/h4-11,14,17,19H,12-13,15-16,18H2,1-3H3. The van der Waals surface area contributed by atoms with Gasteiger partial charge in [0.2, 0.25) is 0 Å². The van der Waals surface area contributed by atoms with Crippen LogP contribution in [0.25, 0.3) is 11.4 Å². The van der Waals surface area contributed by atoms with Crippen molar-refractivity contribution in [2.45, 2.75) is 51.2 Å². The number of carbonyl (C=O) groups excluding carboxylic acids is 1. The Labute approximate surface area is 203 Å². The second kappa shape index (κ2) is 8.32. The van der Waals surface area contributed by atoms with Crippen LogP contribution in [0.5, 0.6) is 0 Å². The van der Waals surface area contributed by atoms with Gasteiger partial charge in [0.1, 0.15) is 11.4 Å². The molecule has 6 heteroatoms. The molecule has 0 saturated carbocycles. The number of imidazole rings is 1. The molecule has 172 valence electrons. The lowest BCUT2D eigenvalue weighted by molar-refractivity contribution is 0.0173. The summed E-state index contributed by atoms with van der Waals surface area (Å²) >= 11 is 3.60. The molecule has 1 amide bonds. The van der Waals surface area contributed by atoms with Crippen molar-refractivity contribution in [2.24, 2.45) is 5.92 Å². The third kappa shape index (κ3) is 3.99. The largest absolute Gasteiger partial charge is 0.444 e. The topological polar surface area (TPSA) is 47.4 Å². The Hall–Kier alpha value is -2.60. The molecule has 0 radical (unpaired) electrons. The number of ether oxygens (including phenoxy) is 1. The highest BCUT2D eigenvalue weighted by molar-refractivity contribution is 9.10. The van der Waals surface area contributed by atoms with Gasteiger partial charge in [-0.1, -0.05) is 52.3 Å². The number of piperidine rings is 1. The molecule has 2 aliphatic heterocycles. The first kappa shape index (κ1) is 22.2. The maximum atomic E-state index is 12.6. The molecule has 2 aromatic carbocycles. The van der Waals surface area contributed by atoms with Crippen molar-refractivity contribution in [1.29, 1.82) is 0 Å². The molecule has 33 heavy (non-hydrogen) atoms. The van der Waals surface area contributed by atoms with Crippen LogP contribution in [0.3, 0.4) is 0 Å². The van der Waals surface area contributed by atoms with Crippen LogP contribution in [0.1, 0.15) is 51.2 Å². The van der Waals surface area contributed by atoms with E-state index in [2.05, 4.69) is 75.2 Å². The van der Waals surface area contributed by atoms with Crippen molar-refractivity contribution in [2.75, 3.05) is 13.1 Å². The molecule has 0 aliphatic carbocycles. The molecule has 5 nitrogen and oxygen atoms in total. The van der Waals surface area contributed by atoms with Crippen LogP contribution in [-0.2, 0) is 10.3 Å². The van der Waals surface area contributed by atoms with E-state index >= 15 is 0 Å². The average Bonchev–Trinajstić information content (AvgIpc) is 3.36. The predicted molar refractivity (Wildman–Crippen MR) is 133 cm³/mol. The van der Waals surface area contributed by atoms with Crippen LogP contribution >= 0.6 is 15.9 Å². The number of amides is 1. The number of aromatic nitrogens is 2. The van der Waals surface area contributed by atoms with E-state index in [-0.39, 0.29) is 11.6 Å². The van der Waals surface area contributed by atoms with E-state index in [0.29, 0.717) is 5.92 Å². The smallest absolute Gasteiger partial charge is 0.410 e. The maximum Gasteiger partial charge on any atom is 0.410 e. The molecule has 2 aliphatic rings. The molecule has 1 unspecified atom stereocenters. The quantitative estimate of drug-likeness (QED) is 0.408. The van der Waals surface area contributed by atoms with Crippen LogP contribution in [0.4, 0.5) is 4.79 Å². The van der Waals surface area contributed by atoms with Crippen molar-refractivity contribution < 1.29 is 9.53 Å². The number of benzene rings is 2. The molecule has 1 aromatic heterocycles. The van der Waals surface area contributed by atoms with E-state index in [1.165, 1.54) is 16.7 Å². The summed E-state index contributed by atoms with van der Waals surface area (Å²) in [6.07, 6.45) is 6.72. The number of likely N-dealkylation sites (tertiary alicyclic amines) is 1. The zero-order chi connectivity index (χ0) is 23.2. The molecule has 1 fully saturated rings. The van der Waals surface area contributed by atoms with Crippen molar-refractivity contribution >= 4 is 22.0 Å². The average molecular weight is 508 g/mol. The van der Waals surface area contributed by atoms with Crippen molar-refractivity contribution in [3.05, 3.63) is 76.5 Å². The fourth-order valence-electron chi connectivity index (χ4n) is 5.39. The number of hydrogen-bond acceptors (Lipinski definition) is 3. The van der Waals surface area contributed by atoms with Gasteiger partial charge in [-0.25, -0.2) is 9.78 Å². The normalized spacial score (nSPS) is 20.4. The lowest BCUT2D eigenvalue weighted by Gasteiger charge is -2.40. The second-order valence-electron chi connectivity index (χ2n) is 10.1. The summed E-state index contributed by atoms with van der Waals surface area (Å²) < 4.78 is 9.03. The number of carbonyl (C=O) groups is 1. The molecular weight excluding hydrogens is 478 g/mol. The minimum Gasteiger partial charge on any atom is -0.444 e. The highest BCUT2D eigenvalue weighted by atomic mass is 79.9. The summed E-state index contributed by atoms with van der Waals surface area (Å²) in [5.41, 5.74) is 3.01. The monoisotopic (exact) mass is 507 g/mol. The molecule has 0 bridgehead atoms. The maximum absolute atomic E-state index is 12.6. The zero-order valence-corrected chi connectivity index (χ0v) is 21.0. The van der Waals surface area contributed by atoms with E-state index in [1.807, 2.05) is 31.9 Å². The summed E-state index contributed by atoms with van der Waals surface area (Å²) in [4.78, 5) is 19.1. The lowest BCUT2D eigenvalue weighted by atomic mass is 9.74. The van der Waals surface area contributed by atoms with E-state index in [0.717, 1.165) is 42.6 Å². The van der Waals surface area contributed by atoms with E-state index in [1.54, 1.807) is 0 Å². The Kier molecular flexibility index (Phi) is 5.60. The van der Waals surface area contributed by atoms with Gasteiger partial charge in [-0.15, -0.1) is 0 Å². The SMILES string of the molecule is CC(C)(C)OC(=O)N1CCC(CC2(c3ccc(Br)cc3)c3ccccc3-c3nccn32)CC1. The fourth-order valence-corrected chi connectivity index (χ4v) is 5.65. The van der Waals surface area contributed by atoms with Crippen LogP contribution in [0, 0.1) is 5.92 Å². The zero-order valence-electron chi connectivity index (χ0n) is 19.4. The third-order valence-corrected chi connectivity index (χ3v) is 7.37. The summed E-state index contributed by atoms with van der Waals surface area (Å²) in [7, 11) is 0. The first-order valence-electron chi connectivity index (χ1n) is 11.7. The lowest BCUT2D eigenvalue weighted by Crippen LogP contribution is -2.43. The molecule has 0 N–H and O–H groups in total. The number of rotatable bonds is 3. The Bertz CT molecular complexity index is 1160. The summed E-state index contributed by atoms with van der Waals surface area (Å²) in [6, 6.07) is 17.4. The van der Waals surface area contributed by atoms with Gasteiger partial charge in [0.15, 0.2) is 0 Å². The Balaban J connectivity index is 1.47. The highest BCUT2D eigenvalue weighted by Crippen LogP contribution is 2.51. The van der Waals surface area contributed by atoms with E-state index < -0.39 is 5.60 Å². The van der Waals surface area contributed by atoms with Crippen LogP contribution in [0.2, 0.25) is 0 Å². The van der Waals surface area contributed by atoms with Gasteiger partial charge >= 0.3 is 6.09 Å². The molecule has 5 rings (SSSR count). The summed E-state index contributed by atoms with van der Waals surface area (Å²) in [5, 5.41) is 0. The number of fused-ring (bicyclic) bond motifs is 3. The molecule has 1 saturated heterocycles.